The van der Waals surface area contributed by atoms with Crippen LogP contribution >= 0.6 is 0 Å². The van der Waals surface area contributed by atoms with Gasteiger partial charge in [-0.2, -0.15) is 5.26 Å². The van der Waals surface area contributed by atoms with E-state index in [1.807, 2.05) is 33.9 Å². The van der Waals surface area contributed by atoms with Gasteiger partial charge in [0.25, 0.3) is 0 Å². The number of nitriles is 1. The van der Waals surface area contributed by atoms with Crippen LogP contribution < -0.4 is 5.32 Å². The molecule has 1 aromatic heterocycles. The number of hydrogen-bond donors (Lipinski definition) is 1. The quantitative estimate of drug-likeness (QED) is 0.762. The van der Waals surface area contributed by atoms with Gasteiger partial charge in [0, 0.05) is 42.8 Å². The van der Waals surface area contributed by atoms with Crippen LogP contribution in [0.5, 0.6) is 0 Å². The summed E-state index contributed by atoms with van der Waals surface area (Å²) >= 11 is 0. The van der Waals surface area contributed by atoms with Crippen molar-refractivity contribution in [3.8, 4) is 6.07 Å². The van der Waals surface area contributed by atoms with Crippen LogP contribution in [0.25, 0.3) is 10.9 Å². The van der Waals surface area contributed by atoms with Gasteiger partial charge in [0.05, 0.1) is 11.6 Å². The summed E-state index contributed by atoms with van der Waals surface area (Å²) in [4.78, 5) is 15.0. The zero-order valence-electron chi connectivity index (χ0n) is 15.4. The third-order valence-corrected chi connectivity index (χ3v) is 5.26. The topological polar surface area (TPSA) is 61.1 Å². The summed E-state index contributed by atoms with van der Waals surface area (Å²) in [6.07, 6.45) is 2.58. The second-order valence-electron chi connectivity index (χ2n) is 7.10. The first-order valence-corrected chi connectivity index (χ1v) is 9.37. The van der Waals surface area contributed by atoms with Gasteiger partial charge in [0.2, 0.25) is 5.91 Å². The summed E-state index contributed by atoms with van der Waals surface area (Å²) in [6.45, 7) is 2.41. The highest BCUT2D eigenvalue weighted by atomic mass is 19.1. The van der Waals surface area contributed by atoms with Crippen molar-refractivity contribution in [1.82, 2.24) is 14.8 Å². The molecule has 28 heavy (non-hydrogen) atoms. The lowest BCUT2D eigenvalue weighted by molar-refractivity contribution is -0.134. The molecular weight excluding hydrogens is 355 g/mol. The highest BCUT2D eigenvalue weighted by Gasteiger charge is 2.27. The molecular formula is C22H21FN4O. The van der Waals surface area contributed by atoms with Crippen LogP contribution in [-0.2, 0) is 17.8 Å². The van der Waals surface area contributed by atoms with Crippen molar-refractivity contribution in [2.45, 2.75) is 19.0 Å². The molecule has 0 saturated carbocycles. The summed E-state index contributed by atoms with van der Waals surface area (Å²) in [5.41, 5.74) is 2.57. The smallest absolute Gasteiger partial charge is 0.242 e. The standard InChI is InChI=1S/C22H21FN4O/c23-19-4-1-16(2-5-19)12-20-14-25-8-10-27(20)22(28)15-26-9-7-18-11-17(13-24)3-6-21(18)26/h1-7,9,11,20,25H,8,10,12,14-15H2. The summed E-state index contributed by atoms with van der Waals surface area (Å²) < 4.78 is 15.1. The van der Waals surface area contributed by atoms with Gasteiger partial charge in [-0.25, -0.2) is 4.39 Å². The van der Waals surface area contributed by atoms with Crippen molar-refractivity contribution in [3.63, 3.8) is 0 Å². The van der Waals surface area contributed by atoms with Crippen LogP contribution in [0, 0.1) is 17.1 Å². The first-order chi connectivity index (χ1) is 13.6. The van der Waals surface area contributed by atoms with Crippen molar-refractivity contribution < 1.29 is 9.18 Å². The molecule has 142 valence electrons. The number of nitrogens with zero attached hydrogens (tertiary/aromatic N) is 3. The van der Waals surface area contributed by atoms with Crippen LogP contribution in [0.1, 0.15) is 11.1 Å². The molecule has 1 saturated heterocycles. The molecule has 1 amide bonds. The number of aromatic nitrogens is 1. The van der Waals surface area contributed by atoms with E-state index in [4.69, 9.17) is 5.26 Å². The van der Waals surface area contributed by atoms with Crippen molar-refractivity contribution >= 4 is 16.8 Å². The molecule has 1 atom stereocenters. The summed E-state index contributed by atoms with van der Waals surface area (Å²) in [6, 6.07) is 16.1. The first-order valence-electron chi connectivity index (χ1n) is 9.37. The second kappa shape index (κ2) is 7.83. The fraction of sp³-hybridized carbons (Fsp3) is 0.273. The van der Waals surface area contributed by atoms with E-state index in [-0.39, 0.29) is 24.3 Å². The monoisotopic (exact) mass is 376 g/mol. The van der Waals surface area contributed by atoms with Crippen LogP contribution in [0.3, 0.4) is 0 Å². The largest absolute Gasteiger partial charge is 0.338 e. The van der Waals surface area contributed by atoms with Crippen molar-refractivity contribution in [1.29, 1.82) is 5.26 Å². The Labute approximate surface area is 163 Å². The van der Waals surface area contributed by atoms with Gasteiger partial charge in [0.15, 0.2) is 0 Å². The highest BCUT2D eigenvalue weighted by molar-refractivity contribution is 5.84. The Morgan fingerprint density at radius 2 is 2.04 bits per heavy atom. The number of fused-ring (bicyclic) bond motifs is 1. The van der Waals surface area contributed by atoms with E-state index < -0.39 is 0 Å². The van der Waals surface area contributed by atoms with Gasteiger partial charge in [-0.05, 0) is 48.4 Å². The SMILES string of the molecule is N#Cc1ccc2c(ccn2CC(=O)N2CCNCC2Cc2ccc(F)cc2)c1. The van der Waals surface area contributed by atoms with Crippen LogP contribution in [0.2, 0.25) is 0 Å². The fourth-order valence-electron chi connectivity index (χ4n) is 3.81. The zero-order valence-corrected chi connectivity index (χ0v) is 15.4. The minimum Gasteiger partial charge on any atom is -0.338 e. The molecule has 1 aliphatic heterocycles. The van der Waals surface area contributed by atoms with E-state index in [9.17, 15) is 9.18 Å². The molecule has 0 bridgehead atoms. The molecule has 6 heteroatoms. The Hall–Kier alpha value is -3.17. The number of halogens is 1. The number of rotatable bonds is 4. The third-order valence-electron chi connectivity index (χ3n) is 5.26. The number of amides is 1. The Balaban J connectivity index is 1.51. The lowest BCUT2D eigenvalue weighted by Gasteiger charge is -2.36. The first kappa shape index (κ1) is 18.2. The molecule has 1 unspecified atom stereocenters. The van der Waals surface area contributed by atoms with E-state index in [2.05, 4.69) is 11.4 Å². The molecule has 2 heterocycles. The lowest BCUT2D eigenvalue weighted by atomic mass is 10.0. The maximum atomic E-state index is 13.2. The van der Waals surface area contributed by atoms with Gasteiger partial charge >= 0.3 is 0 Å². The predicted octanol–water partition coefficient (Wildman–Crippen LogP) is 2.70. The normalized spacial score (nSPS) is 16.9. The molecule has 0 radical (unpaired) electrons. The molecule has 3 aromatic rings. The highest BCUT2D eigenvalue weighted by Crippen LogP contribution is 2.19. The predicted molar refractivity (Wildman–Crippen MR) is 105 cm³/mol. The molecule has 2 aromatic carbocycles. The molecule has 5 nitrogen and oxygen atoms in total. The van der Waals surface area contributed by atoms with Gasteiger partial charge in [-0.3, -0.25) is 4.79 Å². The Morgan fingerprint density at radius 3 is 2.82 bits per heavy atom. The van der Waals surface area contributed by atoms with E-state index in [0.29, 0.717) is 18.5 Å². The number of carbonyl (C=O) groups excluding carboxylic acids is 1. The maximum Gasteiger partial charge on any atom is 0.242 e. The average molecular weight is 376 g/mol. The van der Waals surface area contributed by atoms with Crippen LogP contribution in [0.15, 0.2) is 54.7 Å². The number of piperazine rings is 1. The molecule has 1 aliphatic rings. The maximum absolute atomic E-state index is 13.2. The Morgan fingerprint density at radius 1 is 1.21 bits per heavy atom. The van der Waals surface area contributed by atoms with Gasteiger partial charge in [-0.15, -0.1) is 0 Å². The Kier molecular flexibility index (Phi) is 5.09. The summed E-state index contributed by atoms with van der Waals surface area (Å²) in [7, 11) is 0. The minimum atomic E-state index is -0.252. The van der Waals surface area contributed by atoms with Gasteiger partial charge in [0.1, 0.15) is 12.4 Å². The molecule has 0 spiro atoms. The van der Waals surface area contributed by atoms with E-state index in [1.165, 1.54) is 12.1 Å². The summed E-state index contributed by atoms with van der Waals surface area (Å²) in [5.74, 6) is -0.187. The zero-order chi connectivity index (χ0) is 19.5. The second-order valence-corrected chi connectivity index (χ2v) is 7.10. The molecule has 1 fully saturated rings. The number of nitrogens with one attached hydrogen (secondary N) is 1. The molecule has 4 rings (SSSR count). The van der Waals surface area contributed by atoms with Gasteiger partial charge < -0.3 is 14.8 Å². The number of benzene rings is 2. The van der Waals surface area contributed by atoms with E-state index in [0.717, 1.165) is 29.6 Å². The van der Waals surface area contributed by atoms with Crippen molar-refractivity contribution in [3.05, 3.63) is 71.7 Å². The molecule has 1 N–H and O–H groups in total. The van der Waals surface area contributed by atoms with Crippen molar-refractivity contribution in [2.24, 2.45) is 0 Å². The average Bonchev–Trinajstić information content (AvgIpc) is 3.12. The van der Waals surface area contributed by atoms with Crippen LogP contribution in [-0.4, -0.2) is 41.1 Å². The third kappa shape index (κ3) is 3.75. The lowest BCUT2D eigenvalue weighted by Crippen LogP contribution is -2.55. The minimum absolute atomic E-state index is 0.0405. The fourth-order valence-corrected chi connectivity index (χ4v) is 3.81. The molecule has 0 aliphatic carbocycles. The number of hydrogen-bond acceptors (Lipinski definition) is 3. The van der Waals surface area contributed by atoms with E-state index in [1.54, 1.807) is 18.2 Å². The van der Waals surface area contributed by atoms with E-state index >= 15 is 0 Å². The van der Waals surface area contributed by atoms with Crippen molar-refractivity contribution in [2.75, 3.05) is 19.6 Å². The van der Waals surface area contributed by atoms with Gasteiger partial charge in [-0.1, -0.05) is 12.1 Å². The van der Waals surface area contributed by atoms with Crippen LogP contribution in [0.4, 0.5) is 4.39 Å². The number of carbonyl (C=O) groups is 1. The Bertz CT molecular complexity index is 1030. The summed E-state index contributed by atoms with van der Waals surface area (Å²) in [5, 5.41) is 13.3.